The number of benzene rings is 2. The third kappa shape index (κ3) is 4.31. The van der Waals surface area contributed by atoms with Gasteiger partial charge in [-0.05, 0) is 67.8 Å². The molecule has 0 heterocycles. The number of carbonyl (C=O) groups excluding carboxylic acids is 1. The van der Waals surface area contributed by atoms with Crippen LogP contribution in [-0.4, -0.2) is 11.0 Å². The molecule has 122 valence electrons. The number of nitrogens with one attached hydrogen (secondary N) is 1. The van der Waals surface area contributed by atoms with Crippen LogP contribution >= 0.6 is 55.1 Å². The van der Waals surface area contributed by atoms with Gasteiger partial charge < -0.3 is 10.4 Å². The summed E-state index contributed by atoms with van der Waals surface area (Å²) < 4.78 is 0.859. The van der Waals surface area contributed by atoms with Gasteiger partial charge in [-0.1, -0.05) is 29.3 Å². The van der Waals surface area contributed by atoms with Crippen LogP contribution in [0.4, 0.5) is 5.69 Å². The predicted molar refractivity (Wildman–Crippen MR) is 102 cm³/mol. The van der Waals surface area contributed by atoms with E-state index in [1.807, 2.05) is 6.07 Å². The second kappa shape index (κ2) is 8.04. The fourth-order valence-corrected chi connectivity index (χ4v) is 3.34. The van der Waals surface area contributed by atoms with Crippen molar-refractivity contribution in [2.45, 2.75) is 0 Å². The molecule has 4 nitrogen and oxygen atoms in total. The molecule has 0 radical (unpaired) electrons. The van der Waals surface area contributed by atoms with Crippen LogP contribution < -0.4 is 5.32 Å². The highest BCUT2D eigenvalue weighted by molar-refractivity contribution is 9.11. The number of nitrogens with zero attached hydrogens (tertiary/aromatic N) is 1. The molecule has 2 aromatic rings. The Balaban J connectivity index is 2.33. The highest BCUT2D eigenvalue weighted by Crippen LogP contribution is 2.34. The maximum Gasteiger partial charge on any atom is 0.266 e. The Labute approximate surface area is 164 Å². The largest absolute Gasteiger partial charge is 0.506 e. The van der Waals surface area contributed by atoms with Crippen LogP contribution in [0.15, 0.2) is 44.9 Å². The van der Waals surface area contributed by atoms with Gasteiger partial charge in [-0.2, -0.15) is 5.26 Å². The van der Waals surface area contributed by atoms with E-state index in [2.05, 4.69) is 37.2 Å². The lowest BCUT2D eigenvalue weighted by molar-refractivity contribution is -0.112. The van der Waals surface area contributed by atoms with Gasteiger partial charge in [0.2, 0.25) is 0 Å². The smallest absolute Gasteiger partial charge is 0.266 e. The molecule has 2 N–H and O–H groups in total. The summed E-state index contributed by atoms with van der Waals surface area (Å²) in [6, 6.07) is 9.80. The van der Waals surface area contributed by atoms with E-state index in [9.17, 15) is 15.2 Å². The molecule has 24 heavy (non-hydrogen) atoms. The zero-order chi connectivity index (χ0) is 17.9. The summed E-state index contributed by atoms with van der Waals surface area (Å²) in [4.78, 5) is 12.3. The molecule has 1 amide bonds. The SMILES string of the molecule is N#C/C(=C\c1cc(Br)c(O)c(Br)c1)C(=O)Nc1cccc(Cl)c1Cl. The van der Waals surface area contributed by atoms with Crippen LogP contribution in [0.3, 0.4) is 0 Å². The van der Waals surface area contributed by atoms with Gasteiger partial charge in [0.25, 0.3) is 5.91 Å². The molecule has 0 aliphatic rings. The van der Waals surface area contributed by atoms with Crippen molar-refractivity contribution in [3.63, 3.8) is 0 Å². The summed E-state index contributed by atoms with van der Waals surface area (Å²) in [5.74, 6) is -0.595. The lowest BCUT2D eigenvalue weighted by Crippen LogP contribution is -2.13. The van der Waals surface area contributed by atoms with E-state index in [0.717, 1.165) is 0 Å². The normalized spacial score (nSPS) is 11.0. The van der Waals surface area contributed by atoms with Gasteiger partial charge in [0.15, 0.2) is 0 Å². The number of anilines is 1. The Morgan fingerprint density at radius 3 is 2.46 bits per heavy atom. The number of halogens is 4. The molecule has 8 heteroatoms. The van der Waals surface area contributed by atoms with Crippen molar-refractivity contribution >= 4 is 72.7 Å². The van der Waals surface area contributed by atoms with Crippen LogP contribution in [-0.2, 0) is 4.79 Å². The van der Waals surface area contributed by atoms with Crippen molar-refractivity contribution in [1.29, 1.82) is 5.26 Å². The lowest BCUT2D eigenvalue weighted by atomic mass is 10.1. The minimum absolute atomic E-state index is 0.0285. The topological polar surface area (TPSA) is 73.1 Å². The van der Waals surface area contributed by atoms with Crippen LogP contribution in [0.2, 0.25) is 10.0 Å². The summed E-state index contributed by atoms with van der Waals surface area (Å²) in [6.07, 6.45) is 1.39. The Morgan fingerprint density at radius 2 is 1.88 bits per heavy atom. The molecule has 0 aliphatic carbocycles. The summed E-state index contributed by atoms with van der Waals surface area (Å²) in [5.41, 5.74) is 0.731. The van der Waals surface area contributed by atoms with Crippen molar-refractivity contribution in [2.75, 3.05) is 5.32 Å². The Morgan fingerprint density at radius 1 is 1.25 bits per heavy atom. The van der Waals surface area contributed by atoms with Crippen LogP contribution in [0, 0.1) is 11.3 Å². The molecule has 0 aromatic heterocycles. The van der Waals surface area contributed by atoms with Gasteiger partial charge in [-0.15, -0.1) is 0 Å². The average molecular weight is 491 g/mol. The van der Waals surface area contributed by atoms with Gasteiger partial charge in [-0.3, -0.25) is 4.79 Å². The van der Waals surface area contributed by atoms with E-state index in [1.165, 1.54) is 6.08 Å². The van der Waals surface area contributed by atoms with E-state index in [4.69, 9.17) is 23.2 Å². The zero-order valence-corrected chi connectivity index (χ0v) is 16.5. The van der Waals surface area contributed by atoms with E-state index in [0.29, 0.717) is 25.2 Å². The lowest BCUT2D eigenvalue weighted by Gasteiger charge is -2.08. The van der Waals surface area contributed by atoms with Crippen LogP contribution in [0.5, 0.6) is 5.75 Å². The number of carbonyl (C=O) groups is 1. The first-order chi connectivity index (χ1) is 11.3. The van der Waals surface area contributed by atoms with Crippen molar-refractivity contribution in [3.8, 4) is 11.8 Å². The molecule has 0 unspecified atom stereocenters. The monoisotopic (exact) mass is 488 g/mol. The summed E-state index contributed by atoms with van der Waals surface area (Å²) >= 11 is 18.3. The van der Waals surface area contributed by atoms with E-state index in [1.54, 1.807) is 30.3 Å². The third-order valence-electron chi connectivity index (χ3n) is 2.92. The number of hydrogen-bond donors (Lipinski definition) is 2. The number of amides is 1. The molecule has 0 bridgehead atoms. The minimum atomic E-state index is -0.623. The van der Waals surface area contributed by atoms with E-state index >= 15 is 0 Å². The minimum Gasteiger partial charge on any atom is -0.506 e. The first kappa shape index (κ1) is 18.8. The molecule has 0 saturated carbocycles. The van der Waals surface area contributed by atoms with Gasteiger partial charge in [0.05, 0.1) is 24.7 Å². The van der Waals surface area contributed by atoms with Gasteiger partial charge in [0.1, 0.15) is 17.4 Å². The van der Waals surface area contributed by atoms with Gasteiger partial charge in [0, 0.05) is 0 Å². The van der Waals surface area contributed by atoms with Crippen molar-refractivity contribution < 1.29 is 9.90 Å². The number of phenolic OH excluding ortho intramolecular Hbond substituents is 1. The van der Waals surface area contributed by atoms with Crippen molar-refractivity contribution in [1.82, 2.24) is 0 Å². The van der Waals surface area contributed by atoms with E-state index < -0.39 is 5.91 Å². The van der Waals surface area contributed by atoms with Gasteiger partial charge >= 0.3 is 0 Å². The number of phenols is 1. The van der Waals surface area contributed by atoms with Crippen LogP contribution in [0.1, 0.15) is 5.56 Å². The highest BCUT2D eigenvalue weighted by Gasteiger charge is 2.13. The fourth-order valence-electron chi connectivity index (χ4n) is 1.77. The number of nitriles is 1. The fraction of sp³-hybridized carbons (Fsp3) is 0. The Kier molecular flexibility index (Phi) is 6.30. The Bertz CT molecular complexity index is 869. The molecular formula is C16H8Br2Cl2N2O2. The van der Waals surface area contributed by atoms with E-state index in [-0.39, 0.29) is 16.3 Å². The number of hydrogen-bond acceptors (Lipinski definition) is 3. The second-order valence-electron chi connectivity index (χ2n) is 4.56. The van der Waals surface area contributed by atoms with Gasteiger partial charge in [-0.25, -0.2) is 0 Å². The number of aromatic hydroxyl groups is 1. The summed E-state index contributed by atoms with van der Waals surface area (Å²) in [5, 5.41) is 22.0. The molecule has 0 fully saturated rings. The maximum absolute atomic E-state index is 12.3. The molecular weight excluding hydrogens is 483 g/mol. The summed E-state index contributed by atoms with van der Waals surface area (Å²) in [7, 11) is 0. The number of rotatable bonds is 3. The van der Waals surface area contributed by atoms with Crippen molar-refractivity contribution in [2.24, 2.45) is 0 Å². The molecule has 0 atom stereocenters. The maximum atomic E-state index is 12.3. The first-order valence-electron chi connectivity index (χ1n) is 6.38. The standard InChI is InChI=1S/C16H8Br2Cl2N2O2/c17-10-5-8(6-11(18)15(10)23)4-9(7-21)16(24)22-13-3-1-2-12(19)14(13)20/h1-6,23H,(H,22,24)/b9-4+. The average Bonchev–Trinajstić information content (AvgIpc) is 2.54. The molecule has 0 aliphatic heterocycles. The van der Waals surface area contributed by atoms with Crippen molar-refractivity contribution in [3.05, 3.63) is 60.5 Å². The zero-order valence-electron chi connectivity index (χ0n) is 11.8. The molecule has 0 saturated heterocycles. The Hall–Kier alpha value is -1.52. The van der Waals surface area contributed by atoms with Crippen LogP contribution in [0.25, 0.3) is 6.08 Å². The summed E-state index contributed by atoms with van der Waals surface area (Å²) in [6.45, 7) is 0. The first-order valence-corrected chi connectivity index (χ1v) is 8.73. The highest BCUT2D eigenvalue weighted by atomic mass is 79.9. The predicted octanol–water partition coefficient (Wildman–Crippen LogP) is 5.77. The molecule has 2 rings (SSSR count). The second-order valence-corrected chi connectivity index (χ2v) is 7.05. The quantitative estimate of drug-likeness (QED) is 0.424. The molecule has 2 aromatic carbocycles. The third-order valence-corrected chi connectivity index (χ3v) is 4.94. The molecule has 0 spiro atoms.